The van der Waals surface area contributed by atoms with E-state index in [2.05, 4.69) is 61.0 Å². The number of benzene rings is 1. The van der Waals surface area contributed by atoms with Crippen molar-refractivity contribution >= 4 is 50.1 Å². The van der Waals surface area contributed by atoms with Crippen molar-refractivity contribution in [3.8, 4) is 11.1 Å². The molecule has 4 bridgehead atoms. The summed E-state index contributed by atoms with van der Waals surface area (Å²) in [7, 11) is 2.19. The minimum Gasteiger partial charge on any atom is -1.00 e. The molecule has 12 nitrogen and oxygen atoms in total. The summed E-state index contributed by atoms with van der Waals surface area (Å²) in [5.74, 6) is 0.867. The first-order valence-corrected chi connectivity index (χ1v) is 21.6. The number of rotatable bonds is 13. The fourth-order valence-electron chi connectivity index (χ4n) is 12.8. The van der Waals surface area contributed by atoms with Gasteiger partial charge in [0.1, 0.15) is 12.4 Å². The van der Waals surface area contributed by atoms with Crippen LogP contribution in [0.5, 0.6) is 0 Å². The highest BCUT2D eigenvalue weighted by Crippen LogP contribution is 2.75. The summed E-state index contributed by atoms with van der Waals surface area (Å²) >= 11 is 1.58. The van der Waals surface area contributed by atoms with Crippen molar-refractivity contribution in [3.63, 3.8) is 0 Å². The number of carboxylic acid groups (broad SMARTS) is 1. The van der Waals surface area contributed by atoms with E-state index in [9.17, 15) is 15.0 Å². The number of likely N-dealkylation sites (N-methyl/N-ethyl adjacent to an activating group) is 1. The van der Waals surface area contributed by atoms with Gasteiger partial charge in [-0.1, -0.05) is 37.3 Å². The molecule has 5 aliphatic rings. The third-order valence-corrected chi connectivity index (χ3v) is 14.8. The van der Waals surface area contributed by atoms with Gasteiger partial charge in [0, 0.05) is 41.0 Å². The van der Waals surface area contributed by atoms with Gasteiger partial charge in [0.05, 0.1) is 36.6 Å². The van der Waals surface area contributed by atoms with Crippen LogP contribution in [-0.2, 0) is 13.0 Å². The number of para-hydroxylation sites is 1. The first-order valence-electron chi connectivity index (χ1n) is 20.7. The van der Waals surface area contributed by atoms with Gasteiger partial charge >= 0.3 is 5.97 Å². The maximum absolute atomic E-state index is 12.9. The lowest BCUT2D eigenvalue weighted by molar-refractivity contribution is -0.880. The van der Waals surface area contributed by atoms with Crippen LogP contribution in [-0.4, -0.2) is 79.4 Å². The number of aliphatic hydroxyl groups is 1. The highest BCUT2D eigenvalue weighted by molar-refractivity contribution is 7.22. The second-order valence-corrected chi connectivity index (χ2v) is 20.0. The molecular weight excluding hydrogens is 862 g/mol. The molecule has 0 spiro atoms. The summed E-state index contributed by atoms with van der Waals surface area (Å²) in [6, 6.07) is 11.9. The lowest BCUT2D eigenvalue weighted by Gasteiger charge is -2.70. The number of aliphatic hydroxyl groups excluding tert-OH is 1. The molecule has 4 fully saturated rings. The fourth-order valence-corrected chi connectivity index (χ4v) is 13.7. The zero-order valence-corrected chi connectivity index (χ0v) is 37.3. The minimum absolute atomic E-state index is 0. The van der Waals surface area contributed by atoms with E-state index in [-0.39, 0.29) is 41.7 Å². The molecule has 10 rings (SSSR count). The molecule has 0 amide bonds. The number of thiazole rings is 1. The molecule has 1 aliphatic heterocycles. The number of nitrogens with one attached hydrogen (secondary N) is 2. The highest BCUT2D eigenvalue weighted by atomic mass is 127. The molecule has 1 aromatic carbocycles. The van der Waals surface area contributed by atoms with Crippen molar-refractivity contribution in [2.75, 3.05) is 43.5 Å². The van der Waals surface area contributed by atoms with E-state index < -0.39 is 5.97 Å². The Balaban J connectivity index is 0.00000469. The van der Waals surface area contributed by atoms with E-state index in [1.807, 2.05) is 41.4 Å². The average Bonchev–Trinajstić information content (AvgIpc) is 3.72. The number of halogens is 1. The van der Waals surface area contributed by atoms with Crippen molar-refractivity contribution in [2.24, 2.45) is 21.7 Å². The summed E-state index contributed by atoms with van der Waals surface area (Å²) in [5, 5.41) is 38.4. The maximum atomic E-state index is 12.9. The number of aromatic nitrogens is 6. The lowest BCUT2D eigenvalue weighted by atomic mass is 9.35. The third kappa shape index (κ3) is 7.51. The van der Waals surface area contributed by atoms with E-state index in [1.54, 1.807) is 11.3 Å². The Morgan fingerprint density at radius 1 is 0.948 bits per heavy atom. The number of aromatic carboxylic acids is 1. The van der Waals surface area contributed by atoms with E-state index in [4.69, 9.17) is 15.1 Å². The number of pyridine rings is 1. The molecule has 5 heterocycles. The topological polar surface area (TPSA) is 147 Å². The first-order chi connectivity index (χ1) is 27.3. The van der Waals surface area contributed by atoms with Gasteiger partial charge < -0.3 is 49.3 Å². The summed E-state index contributed by atoms with van der Waals surface area (Å²) < 4.78 is 3.27. The monoisotopic (exact) mass is 917 g/mol. The molecule has 4 saturated carbocycles. The zero-order valence-electron chi connectivity index (χ0n) is 34.4. The first kappa shape index (κ1) is 41.0. The number of hydrogen-bond donors (Lipinski definition) is 4. The molecule has 4 N–H and O–H groups in total. The van der Waals surface area contributed by atoms with E-state index in [1.165, 1.54) is 56.3 Å². The lowest BCUT2D eigenvalue weighted by Crippen LogP contribution is -3.09. The quantitative estimate of drug-likeness (QED) is 0.127. The predicted molar refractivity (Wildman–Crippen MR) is 224 cm³/mol. The fraction of sp³-hybridized carbons (Fsp3) is 0.545. The average molecular weight is 918 g/mol. The number of nitrogens with zero attached hydrogens (tertiary/aromatic N) is 7. The molecule has 14 heteroatoms. The maximum Gasteiger partial charge on any atom is 0.355 e. The summed E-state index contributed by atoms with van der Waals surface area (Å²) in [4.78, 5) is 25.9. The molecule has 3 unspecified atom stereocenters. The number of anilines is 4. The third-order valence-electron chi connectivity index (χ3n) is 13.8. The minimum atomic E-state index is -1.07. The molecule has 0 radical (unpaired) electrons. The van der Waals surface area contributed by atoms with E-state index >= 15 is 0 Å². The summed E-state index contributed by atoms with van der Waals surface area (Å²) in [6.45, 7) is 12.9. The van der Waals surface area contributed by atoms with Crippen LogP contribution in [0, 0.1) is 35.5 Å². The number of carboxylic acids is 1. The SMILES string of the molecule is Cc1c(Nc2nc3ccccc3s2)nnc2c1CCCN2c1ccc(-c2cnn(CC34CC5(C)CC(C)(CC(CCC[NH+](C)CCO)(C5)C3)C4)c2C)c(C(=O)O)n1.[I-]. The standard InChI is InChI=1S/C44H55N9O3S.HI/c1-28-30-10-8-17-52(38(30)50-49-37(28)48-40-46-33-11-6-7-12-34(33)57-40)35-14-13-31(36(47-35)39(55)56)32-20-45-53(29(32)2)27-44-24-41(3)21-42(4,25-44)23-43(22-41,26-44)15-9-16-51(5)18-19-54;/h6-7,11-14,20,54H,8-10,15-19,21-27H2,1-5H3,(H,55,56)(H,46,48,49);1H. The van der Waals surface area contributed by atoms with Crippen LogP contribution in [0.4, 0.5) is 22.6 Å². The number of hydrogen-bond acceptors (Lipinski definition) is 10. The van der Waals surface area contributed by atoms with Gasteiger partial charge in [-0.3, -0.25) is 4.68 Å². The van der Waals surface area contributed by atoms with Crippen molar-refractivity contribution in [1.82, 2.24) is 29.9 Å². The Bertz CT molecular complexity index is 2310. The van der Waals surface area contributed by atoms with Crippen molar-refractivity contribution in [3.05, 3.63) is 65.1 Å². The number of quaternary nitrogens is 1. The van der Waals surface area contributed by atoms with Gasteiger partial charge in [0.15, 0.2) is 22.5 Å². The van der Waals surface area contributed by atoms with E-state index in [0.717, 1.165) is 70.2 Å². The Labute approximate surface area is 361 Å². The van der Waals surface area contributed by atoms with Gasteiger partial charge in [-0.25, -0.2) is 14.8 Å². The molecule has 4 aromatic heterocycles. The van der Waals surface area contributed by atoms with Crippen LogP contribution in [0.2, 0.25) is 0 Å². The Morgan fingerprint density at radius 3 is 2.45 bits per heavy atom. The Hall–Kier alpha value is -3.73. The Morgan fingerprint density at radius 2 is 1.71 bits per heavy atom. The van der Waals surface area contributed by atoms with Crippen LogP contribution in [0.3, 0.4) is 0 Å². The summed E-state index contributed by atoms with van der Waals surface area (Å²) in [5.41, 5.74) is 6.60. The van der Waals surface area contributed by atoms with Crippen LogP contribution < -0.4 is 39.1 Å². The normalized spacial score (nSPS) is 26.4. The second-order valence-electron chi connectivity index (χ2n) is 19.0. The molecule has 308 valence electrons. The molecular formula is C44H56IN9O3S. The molecule has 3 atom stereocenters. The predicted octanol–water partition coefficient (Wildman–Crippen LogP) is 4.15. The second kappa shape index (κ2) is 15.4. The van der Waals surface area contributed by atoms with Gasteiger partial charge in [0.2, 0.25) is 0 Å². The molecule has 58 heavy (non-hydrogen) atoms. The van der Waals surface area contributed by atoms with Crippen molar-refractivity contribution < 1.29 is 43.9 Å². The van der Waals surface area contributed by atoms with Gasteiger partial charge in [-0.2, -0.15) is 5.10 Å². The summed E-state index contributed by atoms with van der Waals surface area (Å²) in [6.07, 6.45) is 13.6. The van der Waals surface area contributed by atoms with E-state index in [0.29, 0.717) is 45.8 Å². The van der Waals surface area contributed by atoms with Crippen LogP contribution >= 0.6 is 11.3 Å². The molecule has 4 aliphatic carbocycles. The molecule has 0 saturated heterocycles. The van der Waals surface area contributed by atoms with Gasteiger partial charge in [0.25, 0.3) is 0 Å². The van der Waals surface area contributed by atoms with Crippen LogP contribution in [0.25, 0.3) is 21.3 Å². The number of carbonyl (C=O) groups is 1. The molecule has 5 aromatic rings. The smallest absolute Gasteiger partial charge is 0.355 e. The largest absolute Gasteiger partial charge is 1.00 e. The Kier molecular flexibility index (Phi) is 10.9. The van der Waals surface area contributed by atoms with Crippen molar-refractivity contribution in [2.45, 2.75) is 98.4 Å². The zero-order chi connectivity index (χ0) is 39.7. The van der Waals surface area contributed by atoms with Crippen LogP contribution in [0.15, 0.2) is 42.6 Å². The number of fused-ring (bicyclic) bond motifs is 2. The highest BCUT2D eigenvalue weighted by Gasteiger charge is 2.65. The van der Waals surface area contributed by atoms with Crippen LogP contribution in [0.1, 0.15) is 98.9 Å². The van der Waals surface area contributed by atoms with Crippen molar-refractivity contribution in [1.29, 1.82) is 0 Å². The van der Waals surface area contributed by atoms with Gasteiger partial charge in [-0.05, 0) is 124 Å². The van der Waals surface area contributed by atoms with Gasteiger partial charge in [-0.15, -0.1) is 10.2 Å².